The van der Waals surface area contributed by atoms with Gasteiger partial charge < -0.3 is 9.22 Å². The molecule has 0 unspecified atom stereocenters. The van der Waals surface area contributed by atoms with E-state index in [2.05, 4.69) is 14.1 Å². The van der Waals surface area contributed by atoms with Gasteiger partial charge in [0.2, 0.25) is 0 Å². The van der Waals surface area contributed by atoms with Crippen molar-refractivity contribution < 1.29 is 22.4 Å². The van der Waals surface area contributed by atoms with E-state index in [9.17, 15) is 13.2 Å². The van der Waals surface area contributed by atoms with Gasteiger partial charge in [0.1, 0.15) is 5.75 Å². The molecule has 1 aliphatic rings. The van der Waals surface area contributed by atoms with Crippen molar-refractivity contribution in [3.8, 4) is 5.75 Å². The van der Waals surface area contributed by atoms with Gasteiger partial charge in [-0.2, -0.15) is 13.2 Å². The van der Waals surface area contributed by atoms with Crippen molar-refractivity contribution in [3.63, 3.8) is 0 Å². The van der Waals surface area contributed by atoms with Gasteiger partial charge in [-0.3, -0.25) is 0 Å². The normalized spacial score (nSPS) is 17.0. The Labute approximate surface area is 130 Å². The van der Waals surface area contributed by atoms with Crippen molar-refractivity contribution in [2.75, 3.05) is 27.2 Å². The molecule has 1 aromatic carbocycles. The summed E-state index contributed by atoms with van der Waals surface area (Å²) >= 11 is 0. The number of hydrogen-bond donors (Lipinski definition) is 0. The van der Waals surface area contributed by atoms with Crippen LogP contribution in [-0.2, 0) is 6.18 Å². The van der Waals surface area contributed by atoms with Crippen LogP contribution in [0.25, 0.3) is 0 Å². The average Bonchev–Trinajstić information content (AvgIpc) is 2.98. The molecule has 0 amide bonds. The number of nitrogens with zero attached hydrogens (tertiary/aromatic N) is 1. The molecule has 5 heteroatoms. The van der Waals surface area contributed by atoms with Gasteiger partial charge >= 0.3 is 6.18 Å². The van der Waals surface area contributed by atoms with Crippen LogP contribution in [0, 0.1) is 0 Å². The van der Waals surface area contributed by atoms with E-state index in [0.29, 0.717) is 18.4 Å². The second-order valence-electron chi connectivity index (χ2n) is 6.67. The van der Waals surface area contributed by atoms with Gasteiger partial charge in [0.05, 0.1) is 38.9 Å². The maximum absolute atomic E-state index is 12.6. The highest BCUT2D eigenvalue weighted by Gasteiger charge is 2.31. The fraction of sp³-hybridized carbons (Fsp3) is 0.647. The van der Waals surface area contributed by atoms with Crippen LogP contribution in [0.15, 0.2) is 24.3 Å². The molecule has 0 spiro atoms. The first kappa shape index (κ1) is 17.1. The van der Waals surface area contributed by atoms with E-state index in [1.807, 2.05) is 0 Å². The van der Waals surface area contributed by atoms with Gasteiger partial charge in [-0.25, -0.2) is 0 Å². The molecular weight excluding hydrogens is 291 g/mol. The summed E-state index contributed by atoms with van der Waals surface area (Å²) in [6, 6.07) is 5.81. The quantitative estimate of drug-likeness (QED) is 0.555. The summed E-state index contributed by atoms with van der Waals surface area (Å²) in [5.41, 5.74) is -0.660. The molecule has 22 heavy (non-hydrogen) atoms. The Bertz CT molecular complexity index is 479. The topological polar surface area (TPSA) is 9.23 Å². The molecule has 2 nitrogen and oxygen atoms in total. The first-order valence-corrected chi connectivity index (χ1v) is 7.92. The molecule has 124 valence electrons. The van der Waals surface area contributed by atoms with Crippen LogP contribution in [0.1, 0.15) is 37.7 Å². The molecule has 0 heterocycles. The summed E-state index contributed by atoms with van der Waals surface area (Å²) in [5, 5.41) is 0. The molecule has 0 aromatic heterocycles. The molecule has 1 saturated carbocycles. The molecule has 1 aliphatic carbocycles. The lowest BCUT2D eigenvalue weighted by Gasteiger charge is -2.36. The Hall–Kier alpha value is -1.23. The second kappa shape index (κ2) is 6.90. The van der Waals surface area contributed by atoms with E-state index in [-0.39, 0.29) is 0 Å². The van der Waals surface area contributed by atoms with Crippen LogP contribution < -0.4 is 4.74 Å². The lowest BCUT2D eigenvalue weighted by atomic mass is 10.1. The van der Waals surface area contributed by atoms with E-state index < -0.39 is 11.7 Å². The minimum absolute atomic E-state index is 0.293. The van der Waals surface area contributed by atoms with E-state index >= 15 is 0 Å². The fourth-order valence-electron chi connectivity index (χ4n) is 3.21. The standard InChI is InChI=1S/C17H25F3NO/c1-21(2,15-8-3-4-9-15)11-6-12-22-16-10-5-7-14(13-16)17(18,19)20/h5,7,10,13,15H,3-4,6,8-9,11-12H2,1-2H3/q+1. The number of benzene rings is 1. The number of hydrogen-bond acceptors (Lipinski definition) is 1. The molecule has 0 atom stereocenters. The minimum atomic E-state index is -4.32. The van der Waals surface area contributed by atoms with Crippen molar-refractivity contribution >= 4 is 0 Å². The Morgan fingerprint density at radius 1 is 1.18 bits per heavy atom. The van der Waals surface area contributed by atoms with Crippen LogP contribution in [0.5, 0.6) is 5.75 Å². The maximum Gasteiger partial charge on any atom is 0.416 e. The van der Waals surface area contributed by atoms with Crippen molar-refractivity contribution in [2.24, 2.45) is 0 Å². The van der Waals surface area contributed by atoms with E-state index in [4.69, 9.17) is 4.74 Å². The molecule has 0 N–H and O–H groups in total. The van der Waals surface area contributed by atoms with Crippen LogP contribution in [0.4, 0.5) is 13.2 Å². The van der Waals surface area contributed by atoms with Gasteiger partial charge in [0, 0.05) is 6.42 Å². The van der Waals surface area contributed by atoms with Crippen LogP contribution in [-0.4, -0.2) is 37.8 Å². The molecule has 1 aromatic rings. The Kier molecular flexibility index (Phi) is 5.37. The van der Waals surface area contributed by atoms with Gasteiger partial charge in [0.25, 0.3) is 0 Å². The fourth-order valence-corrected chi connectivity index (χ4v) is 3.21. The van der Waals surface area contributed by atoms with Gasteiger partial charge in [-0.15, -0.1) is 0 Å². The molecule has 0 saturated heterocycles. The van der Waals surface area contributed by atoms with Crippen LogP contribution in [0.3, 0.4) is 0 Å². The number of halogens is 3. The van der Waals surface area contributed by atoms with Crippen molar-refractivity contribution in [1.29, 1.82) is 0 Å². The zero-order valence-electron chi connectivity index (χ0n) is 13.3. The highest BCUT2D eigenvalue weighted by molar-refractivity contribution is 5.30. The summed E-state index contributed by atoms with van der Waals surface area (Å²) in [5.74, 6) is 0.293. The average molecular weight is 316 g/mol. The molecular formula is C17H25F3NO+. The predicted molar refractivity (Wildman–Crippen MR) is 80.8 cm³/mol. The molecule has 0 aliphatic heterocycles. The Balaban J connectivity index is 1.79. The number of alkyl halides is 3. The first-order chi connectivity index (χ1) is 10.3. The van der Waals surface area contributed by atoms with Crippen molar-refractivity contribution in [2.45, 2.75) is 44.3 Å². The summed E-state index contributed by atoms with van der Waals surface area (Å²) in [6.07, 6.45) is 1.71. The van der Waals surface area contributed by atoms with E-state index in [0.717, 1.165) is 29.6 Å². The number of rotatable bonds is 6. The van der Waals surface area contributed by atoms with Gasteiger partial charge in [0.15, 0.2) is 0 Å². The largest absolute Gasteiger partial charge is 0.493 e. The smallest absolute Gasteiger partial charge is 0.416 e. The first-order valence-electron chi connectivity index (χ1n) is 7.92. The molecule has 0 radical (unpaired) electrons. The van der Waals surface area contributed by atoms with Gasteiger partial charge in [-0.1, -0.05) is 6.07 Å². The second-order valence-corrected chi connectivity index (χ2v) is 6.67. The summed E-state index contributed by atoms with van der Waals surface area (Å²) in [6.45, 7) is 1.44. The third-order valence-electron chi connectivity index (χ3n) is 4.62. The van der Waals surface area contributed by atoms with Gasteiger partial charge in [-0.05, 0) is 43.9 Å². The van der Waals surface area contributed by atoms with Crippen molar-refractivity contribution in [1.82, 2.24) is 0 Å². The monoisotopic (exact) mass is 316 g/mol. The summed E-state index contributed by atoms with van der Waals surface area (Å²) in [7, 11) is 4.47. The minimum Gasteiger partial charge on any atom is -0.493 e. The number of ether oxygens (including phenoxy) is 1. The lowest BCUT2D eigenvalue weighted by molar-refractivity contribution is -0.914. The molecule has 2 rings (SSSR count). The lowest BCUT2D eigenvalue weighted by Crippen LogP contribution is -2.48. The molecule has 1 fully saturated rings. The zero-order valence-corrected chi connectivity index (χ0v) is 13.3. The SMILES string of the molecule is C[N+](C)(CCCOc1cccc(C(F)(F)F)c1)C1CCCC1. The highest BCUT2D eigenvalue weighted by atomic mass is 19.4. The Morgan fingerprint density at radius 2 is 1.86 bits per heavy atom. The van der Waals surface area contributed by atoms with Crippen LogP contribution >= 0.6 is 0 Å². The third-order valence-corrected chi connectivity index (χ3v) is 4.62. The highest BCUT2D eigenvalue weighted by Crippen LogP contribution is 2.31. The predicted octanol–water partition coefficient (Wildman–Crippen LogP) is 4.49. The summed E-state index contributed by atoms with van der Waals surface area (Å²) < 4.78 is 44.3. The Morgan fingerprint density at radius 3 is 2.50 bits per heavy atom. The van der Waals surface area contributed by atoms with E-state index in [1.54, 1.807) is 6.07 Å². The summed E-state index contributed by atoms with van der Waals surface area (Å²) in [4.78, 5) is 0. The molecule has 0 bridgehead atoms. The van der Waals surface area contributed by atoms with E-state index in [1.165, 1.54) is 31.7 Å². The zero-order chi connectivity index (χ0) is 16.2. The maximum atomic E-state index is 12.6. The van der Waals surface area contributed by atoms with Crippen LogP contribution in [0.2, 0.25) is 0 Å². The number of quaternary nitrogens is 1. The third kappa shape index (κ3) is 4.63. The van der Waals surface area contributed by atoms with Crippen molar-refractivity contribution in [3.05, 3.63) is 29.8 Å².